The van der Waals surface area contributed by atoms with E-state index < -0.39 is 11.7 Å². The maximum absolute atomic E-state index is 13.2. The molecule has 0 fully saturated rings. The Labute approximate surface area is 159 Å². The van der Waals surface area contributed by atoms with Gasteiger partial charge in [-0.2, -0.15) is 0 Å². The van der Waals surface area contributed by atoms with Gasteiger partial charge in [-0.3, -0.25) is 9.59 Å². The van der Waals surface area contributed by atoms with Crippen LogP contribution in [0, 0.1) is 5.82 Å². The molecule has 0 aliphatic carbocycles. The van der Waals surface area contributed by atoms with Gasteiger partial charge in [-0.1, -0.05) is 6.07 Å². The molecule has 0 saturated heterocycles. The quantitative estimate of drug-likeness (QED) is 0.718. The van der Waals surface area contributed by atoms with Crippen molar-refractivity contribution in [2.75, 3.05) is 17.4 Å². The minimum atomic E-state index is -0.437. The molecule has 140 valence electrons. The van der Waals surface area contributed by atoms with Crippen LogP contribution in [-0.2, 0) is 0 Å². The van der Waals surface area contributed by atoms with Crippen molar-refractivity contribution in [2.45, 2.75) is 0 Å². The number of fused-ring (bicyclic) bond motifs is 1. The van der Waals surface area contributed by atoms with Gasteiger partial charge in [0.25, 0.3) is 11.8 Å². The van der Waals surface area contributed by atoms with Gasteiger partial charge < -0.3 is 20.1 Å². The second-order valence-electron chi connectivity index (χ2n) is 6.06. The summed E-state index contributed by atoms with van der Waals surface area (Å²) in [4.78, 5) is 24.6. The summed E-state index contributed by atoms with van der Waals surface area (Å²) >= 11 is 0. The highest BCUT2D eigenvalue weighted by molar-refractivity contribution is 6.07. The van der Waals surface area contributed by atoms with Crippen molar-refractivity contribution < 1.29 is 23.5 Å². The molecule has 0 saturated carbocycles. The normalized spacial score (nSPS) is 11.8. The van der Waals surface area contributed by atoms with Crippen molar-refractivity contribution in [3.8, 4) is 11.5 Å². The summed E-state index contributed by atoms with van der Waals surface area (Å²) in [5, 5.41) is 5.37. The smallest absolute Gasteiger partial charge is 0.255 e. The lowest BCUT2D eigenvalue weighted by Crippen LogP contribution is -2.14. The number of ether oxygens (including phenoxy) is 2. The summed E-state index contributed by atoms with van der Waals surface area (Å²) < 4.78 is 23.7. The molecule has 0 unspecified atom stereocenters. The third kappa shape index (κ3) is 3.78. The second kappa shape index (κ2) is 7.40. The number of amides is 2. The zero-order chi connectivity index (χ0) is 19.5. The first kappa shape index (κ1) is 17.5. The van der Waals surface area contributed by atoms with Crippen molar-refractivity contribution in [1.29, 1.82) is 0 Å². The third-order valence-electron chi connectivity index (χ3n) is 4.12. The van der Waals surface area contributed by atoms with E-state index in [1.165, 1.54) is 30.3 Å². The first-order chi connectivity index (χ1) is 13.6. The zero-order valence-corrected chi connectivity index (χ0v) is 14.6. The van der Waals surface area contributed by atoms with E-state index in [-0.39, 0.29) is 12.7 Å². The van der Waals surface area contributed by atoms with Gasteiger partial charge in [0.15, 0.2) is 11.5 Å². The number of benzene rings is 3. The predicted octanol–water partition coefficient (Wildman–Crippen LogP) is 4.06. The molecule has 0 bridgehead atoms. The summed E-state index contributed by atoms with van der Waals surface area (Å²) in [5.74, 6) is 0.0476. The summed E-state index contributed by atoms with van der Waals surface area (Å²) in [5.41, 5.74) is 1.67. The topological polar surface area (TPSA) is 76.7 Å². The highest BCUT2D eigenvalue weighted by Gasteiger charge is 2.15. The Balaban J connectivity index is 1.42. The Morgan fingerprint density at radius 2 is 1.36 bits per heavy atom. The summed E-state index contributed by atoms with van der Waals surface area (Å²) in [6.07, 6.45) is 0. The van der Waals surface area contributed by atoms with E-state index in [4.69, 9.17) is 9.47 Å². The standard InChI is InChI=1S/C21H15FN2O4/c22-15-2-1-3-16(10-15)23-20(25)13-4-6-14(7-5-13)21(26)24-17-8-9-18-19(11-17)28-12-27-18/h1-11H,12H2,(H,23,25)(H,24,26). The van der Waals surface area contributed by atoms with Crippen LogP contribution in [0.3, 0.4) is 0 Å². The van der Waals surface area contributed by atoms with Crippen LogP contribution in [0.5, 0.6) is 11.5 Å². The van der Waals surface area contributed by atoms with E-state index >= 15 is 0 Å². The molecule has 2 N–H and O–H groups in total. The van der Waals surface area contributed by atoms with Gasteiger partial charge in [0, 0.05) is 28.6 Å². The third-order valence-corrected chi connectivity index (χ3v) is 4.12. The molecule has 1 aliphatic heterocycles. The van der Waals surface area contributed by atoms with Crippen LogP contribution in [0.15, 0.2) is 66.7 Å². The van der Waals surface area contributed by atoms with Crippen molar-refractivity contribution in [3.63, 3.8) is 0 Å². The van der Waals surface area contributed by atoms with Crippen LogP contribution in [0.4, 0.5) is 15.8 Å². The fourth-order valence-corrected chi connectivity index (χ4v) is 2.72. The number of hydrogen-bond acceptors (Lipinski definition) is 4. The highest BCUT2D eigenvalue weighted by atomic mass is 19.1. The van der Waals surface area contributed by atoms with Crippen molar-refractivity contribution in [1.82, 2.24) is 0 Å². The van der Waals surface area contributed by atoms with Crippen LogP contribution in [0.25, 0.3) is 0 Å². The molecule has 2 amide bonds. The van der Waals surface area contributed by atoms with Crippen LogP contribution in [0.1, 0.15) is 20.7 Å². The molecule has 3 aromatic carbocycles. The Kier molecular flexibility index (Phi) is 4.63. The van der Waals surface area contributed by atoms with Gasteiger partial charge in [0.05, 0.1) is 0 Å². The largest absolute Gasteiger partial charge is 0.454 e. The predicted molar refractivity (Wildman–Crippen MR) is 101 cm³/mol. The minimum Gasteiger partial charge on any atom is -0.454 e. The van der Waals surface area contributed by atoms with Gasteiger partial charge in [-0.15, -0.1) is 0 Å². The maximum Gasteiger partial charge on any atom is 0.255 e. The Morgan fingerprint density at radius 1 is 0.750 bits per heavy atom. The van der Waals surface area contributed by atoms with E-state index in [9.17, 15) is 14.0 Å². The number of carbonyl (C=O) groups is 2. The second-order valence-corrected chi connectivity index (χ2v) is 6.06. The van der Waals surface area contributed by atoms with Crippen LogP contribution < -0.4 is 20.1 Å². The molecule has 0 spiro atoms. The first-order valence-electron chi connectivity index (χ1n) is 8.46. The average Bonchev–Trinajstić information content (AvgIpc) is 3.16. The Bertz CT molecular complexity index is 1050. The molecule has 7 heteroatoms. The van der Waals surface area contributed by atoms with Crippen molar-refractivity contribution >= 4 is 23.2 Å². The van der Waals surface area contributed by atoms with Crippen LogP contribution in [0.2, 0.25) is 0 Å². The molecule has 3 aromatic rings. The zero-order valence-electron chi connectivity index (χ0n) is 14.6. The number of nitrogens with one attached hydrogen (secondary N) is 2. The van der Waals surface area contributed by atoms with E-state index in [0.29, 0.717) is 34.0 Å². The highest BCUT2D eigenvalue weighted by Crippen LogP contribution is 2.34. The van der Waals surface area contributed by atoms with Crippen molar-refractivity contribution in [3.05, 3.63) is 83.7 Å². The molecule has 6 nitrogen and oxygen atoms in total. The van der Waals surface area contributed by atoms with E-state index in [1.807, 2.05) is 0 Å². The fraction of sp³-hybridized carbons (Fsp3) is 0.0476. The molecule has 1 aliphatic rings. The molecular weight excluding hydrogens is 363 g/mol. The number of halogens is 1. The van der Waals surface area contributed by atoms with Gasteiger partial charge in [-0.25, -0.2) is 4.39 Å². The number of rotatable bonds is 4. The molecule has 0 atom stereocenters. The van der Waals surface area contributed by atoms with Crippen LogP contribution >= 0.6 is 0 Å². The lowest BCUT2D eigenvalue weighted by molar-refractivity contribution is 0.101. The van der Waals surface area contributed by atoms with E-state index in [2.05, 4.69) is 10.6 Å². The molecule has 0 aromatic heterocycles. The lowest BCUT2D eigenvalue weighted by atomic mass is 10.1. The molecule has 28 heavy (non-hydrogen) atoms. The number of hydrogen-bond donors (Lipinski definition) is 2. The number of anilines is 2. The van der Waals surface area contributed by atoms with Gasteiger partial charge in [0.1, 0.15) is 5.82 Å². The summed E-state index contributed by atoms with van der Waals surface area (Å²) in [6, 6.07) is 16.9. The summed E-state index contributed by atoms with van der Waals surface area (Å²) in [7, 11) is 0. The van der Waals surface area contributed by atoms with E-state index in [1.54, 1.807) is 36.4 Å². The van der Waals surface area contributed by atoms with Gasteiger partial charge >= 0.3 is 0 Å². The maximum atomic E-state index is 13.2. The monoisotopic (exact) mass is 378 g/mol. The number of carbonyl (C=O) groups excluding carboxylic acids is 2. The van der Waals surface area contributed by atoms with Crippen molar-refractivity contribution in [2.24, 2.45) is 0 Å². The van der Waals surface area contributed by atoms with E-state index in [0.717, 1.165) is 0 Å². The SMILES string of the molecule is O=C(Nc1cccc(F)c1)c1ccc(C(=O)Nc2ccc3c(c2)OCO3)cc1. The van der Waals surface area contributed by atoms with Crippen LogP contribution in [-0.4, -0.2) is 18.6 Å². The lowest BCUT2D eigenvalue weighted by Gasteiger charge is -2.08. The Hall–Kier alpha value is -3.87. The first-order valence-corrected chi connectivity index (χ1v) is 8.46. The molecular formula is C21H15FN2O4. The average molecular weight is 378 g/mol. The molecule has 4 rings (SSSR count). The minimum absolute atomic E-state index is 0.159. The van der Waals surface area contributed by atoms with Gasteiger partial charge in [0.2, 0.25) is 6.79 Å². The molecule has 0 radical (unpaired) electrons. The Morgan fingerprint density at radius 3 is 2.00 bits per heavy atom. The fourth-order valence-electron chi connectivity index (χ4n) is 2.72. The van der Waals surface area contributed by atoms with Gasteiger partial charge in [-0.05, 0) is 54.6 Å². The summed E-state index contributed by atoms with van der Waals surface area (Å²) in [6.45, 7) is 0.159. The molecule has 1 heterocycles.